The molecular formula is C23H30N4O2. The van der Waals surface area contributed by atoms with Gasteiger partial charge in [0.1, 0.15) is 0 Å². The molecule has 0 unspecified atom stereocenters. The minimum atomic E-state index is -0.788. The number of nitrogens with zero attached hydrogens (tertiary/aromatic N) is 2. The molecule has 0 bridgehead atoms. The lowest BCUT2D eigenvalue weighted by Crippen LogP contribution is -2.52. The van der Waals surface area contributed by atoms with Crippen molar-refractivity contribution in [2.24, 2.45) is 11.5 Å². The van der Waals surface area contributed by atoms with E-state index in [-0.39, 0.29) is 24.5 Å². The molecular weight excluding hydrogens is 364 g/mol. The zero-order valence-corrected chi connectivity index (χ0v) is 17.0. The highest BCUT2D eigenvalue weighted by molar-refractivity contribution is 5.97. The van der Waals surface area contributed by atoms with E-state index in [1.807, 2.05) is 61.5 Å². The van der Waals surface area contributed by atoms with E-state index in [1.165, 1.54) is 4.90 Å². The number of hydrogen-bond donors (Lipinski definition) is 2. The lowest BCUT2D eigenvalue weighted by molar-refractivity contribution is -0.130. The number of nitrogens with two attached hydrogens (primary N) is 2. The minimum Gasteiger partial charge on any atom is -0.326 e. The molecule has 6 nitrogen and oxygen atoms in total. The number of hydrogen-bond acceptors (Lipinski definition) is 4. The number of imide groups is 1. The summed E-state index contributed by atoms with van der Waals surface area (Å²) >= 11 is 0. The first-order chi connectivity index (χ1) is 14.0. The van der Waals surface area contributed by atoms with Gasteiger partial charge in [-0.2, -0.15) is 0 Å². The summed E-state index contributed by atoms with van der Waals surface area (Å²) in [7, 11) is 0. The number of urea groups is 1. The summed E-state index contributed by atoms with van der Waals surface area (Å²) in [6.45, 7) is 3.21. The van der Waals surface area contributed by atoms with Gasteiger partial charge in [0.15, 0.2) is 0 Å². The van der Waals surface area contributed by atoms with Crippen LogP contribution in [-0.4, -0.2) is 40.4 Å². The molecule has 0 spiro atoms. The average Bonchev–Trinajstić information content (AvgIpc) is 3.18. The van der Waals surface area contributed by atoms with Gasteiger partial charge in [-0.15, -0.1) is 0 Å². The van der Waals surface area contributed by atoms with Crippen LogP contribution in [-0.2, 0) is 24.3 Å². The maximum absolute atomic E-state index is 13.3. The third-order valence-electron chi connectivity index (χ3n) is 5.58. The summed E-state index contributed by atoms with van der Waals surface area (Å²) in [5.41, 5.74) is 14.9. The topological polar surface area (TPSA) is 92.7 Å². The van der Waals surface area contributed by atoms with E-state index in [1.54, 1.807) is 4.90 Å². The van der Waals surface area contributed by atoms with Crippen LogP contribution in [0, 0.1) is 0 Å². The quantitative estimate of drug-likeness (QED) is 0.788. The zero-order valence-electron chi connectivity index (χ0n) is 17.0. The van der Waals surface area contributed by atoms with E-state index in [0.717, 1.165) is 29.5 Å². The van der Waals surface area contributed by atoms with Crippen molar-refractivity contribution in [1.29, 1.82) is 0 Å². The van der Waals surface area contributed by atoms with Crippen molar-refractivity contribution in [3.8, 4) is 0 Å². The number of likely N-dealkylation sites (tertiary alicyclic amines) is 1. The predicted octanol–water partition coefficient (Wildman–Crippen LogP) is 2.65. The third kappa shape index (κ3) is 5.02. The molecule has 3 rings (SSSR count). The highest BCUT2D eigenvalue weighted by Crippen LogP contribution is 2.21. The molecule has 154 valence electrons. The minimum absolute atomic E-state index is 0.118. The summed E-state index contributed by atoms with van der Waals surface area (Å²) in [6, 6.07) is 16.3. The molecule has 2 atom stereocenters. The molecule has 0 aliphatic carbocycles. The SMILES string of the molecule is C[C@@H]1CCCN1C(=O)N(Cc1ccccc1CN)C(=O)[C@H](N)Cc1ccccc1. The van der Waals surface area contributed by atoms with E-state index in [4.69, 9.17) is 11.5 Å². The van der Waals surface area contributed by atoms with Crippen molar-refractivity contribution in [2.45, 2.75) is 51.4 Å². The van der Waals surface area contributed by atoms with Crippen LogP contribution in [0.1, 0.15) is 36.5 Å². The van der Waals surface area contributed by atoms with Crippen molar-refractivity contribution < 1.29 is 9.59 Å². The van der Waals surface area contributed by atoms with Crippen LogP contribution in [0.25, 0.3) is 0 Å². The van der Waals surface area contributed by atoms with Crippen LogP contribution >= 0.6 is 0 Å². The number of amides is 3. The van der Waals surface area contributed by atoms with Gasteiger partial charge in [-0.3, -0.25) is 9.69 Å². The van der Waals surface area contributed by atoms with E-state index in [2.05, 4.69) is 0 Å². The highest BCUT2D eigenvalue weighted by Gasteiger charge is 2.34. The van der Waals surface area contributed by atoms with Crippen molar-refractivity contribution >= 4 is 11.9 Å². The smallest absolute Gasteiger partial charge is 0.326 e. The Morgan fingerprint density at radius 2 is 1.76 bits per heavy atom. The third-order valence-corrected chi connectivity index (χ3v) is 5.58. The molecule has 1 aliphatic heterocycles. The highest BCUT2D eigenvalue weighted by atomic mass is 16.2. The van der Waals surface area contributed by atoms with Gasteiger partial charge in [-0.05, 0) is 42.9 Å². The fraction of sp³-hybridized carbons (Fsp3) is 0.391. The fourth-order valence-electron chi connectivity index (χ4n) is 3.85. The summed E-state index contributed by atoms with van der Waals surface area (Å²) in [5, 5.41) is 0. The van der Waals surface area contributed by atoms with Crippen LogP contribution in [0.3, 0.4) is 0 Å². The molecule has 29 heavy (non-hydrogen) atoms. The molecule has 2 aromatic rings. The van der Waals surface area contributed by atoms with E-state index in [0.29, 0.717) is 19.5 Å². The van der Waals surface area contributed by atoms with Crippen molar-refractivity contribution in [2.75, 3.05) is 6.54 Å². The molecule has 1 fully saturated rings. The summed E-state index contributed by atoms with van der Waals surface area (Å²) < 4.78 is 0. The molecule has 3 amide bonds. The van der Waals surface area contributed by atoms with Crippen molar-refractivity contribution in [3.63, 3.8) is 0 Å². The molecule has 0 saturated carbocycles. The van der Waals surface area contributed by atoms with Crippen LogP contribution < -0.4 is 11.5 Å². The molecule has 1 heterocycles. The van der Waals surface area contributed by atoms with Gasteiger partial charge in [0.2, 0.25) is 5.91 Å². The Morgan fingerprint density at radius 1 is 1.10 bits per heavy atom. The standard InChI is InChI=1S/C23H30N4O2/c1-17-8-7-13-26(17)23(29)27(16-20-12-6-5-11-19(20)15-24)22(28)21(25)14-18-9-3-2-4-10-18/h2-6,9-12,17,21H,7-8,13-16,24-25H2,1H3/t17-,21-/m1/s1. The molecule has 6 heteroatoms. The van der Waals surface area contributed by atoms with E-state index >= 15 is 0 Å². The number of rotatable bonds is 6. The molecule has 4 N–H and O–H groups in total. The van der Waals surface area contributed by atoms with Gasteiger partial charge in [0, 0.05) is 19.1 Å². The van der Waals surface area contributed by atoms with Crippen LogP contribution in [0.2, 0.25) is 0 Å². The van der Waals surface area contributed by atoms with Gasteiger partial charge in [-0.25, -0.2) is 4.79 Å². The first-order valence-electron chi connectivity index (χ1n) is 10.2. The molecule has 2 aromatic carbocycles. The number of benzene rings is 2. The monoisotopic (exact) mass is 394 g/mol. The Balaban J connectivity index is 1.85. The molecule has 1 saturated heterocycles. The maximum atomic E-state index is 13.3. The average molecular weight is 395 g/mol. The second-order valence-electron chi connectivity index (χ2n) is 7.66. The number of carbonyl (C=O) groups is 2. The van der Waals surface area contributed by atoms with Crippen LogP contribution in [0.15, 0.2) is 54.6 Å². The molecule has 1 aliphatic rings. The van der Waals surface area contributed by atoms with Gasteiger partial charge in [0.25, 0.3) is 0 Å². The van der Waals surface area contributed by atoms with Gasteiger partial charge in [-0.1, -0.05) is 54.6 Å². The molecule has 0 radical (unpaired) electrons. The van der Waals surface area contributed by atoms with Crippen molar-refractivity contribution in [3.05, 3.63) is 71.3 Å². The largest absolute Gasteiger partial charge is 0.327 e. The number of carbonyl (C=O) groups excluding carboxylic acids is 2. The second-order valence-corrected chi connectivity index (χ2v) is 7.66. The van der Waals surface area contributed by atoms with Gasteiger partial charge in [0.05, 0.1) is 12.6 Å². The Morgan fingerprint density at radius 3 is 2.38 bits per heavy atom. The lowest BCUT2D eigenvalue weighted by Gasteiger charge is -2.31. The zero-order chi connectivity index (χ0) is 20.8. The Labute approximate surface area is 172 Å². The first kappa shape index (κ1) is 21.0. The van der Waals surface area contributed by atoms with Crippen LogP contribution in [0.4, 0.5) is 4.79 Å². The van der Waals surface area contributed by atoms with Crippen LogP contribution in [0.5, 0.6) is 0 Å². The summed E-state index contributed by atoms with van der Waals surface area (Å²) in [5.74, 6) is -0.357. The maximum Gasteiger partial charge on any atom is 0.327 e. The van der Waals surface area contributed by atoms with E-state index in [9.17, 15) is 9.59 Å². The van der Waals surface area contributed by atoms with E-state index < -0.39 is 6.04 Å². The Hall–Kier alpha value is -2.70. The Bertz CT molecular complexity index is 840. The second kappa shape index (κ2) is 9.67. The first-order valence-corrected chi connectivity index (χ1v) is 10.2. The van der Waals surface area contributed by atoms with Gasteiger partial charge >= 0.3 is 6.03 Å². The fourth-order valence-corrected chi connectivity index (χ4v) is 3.85. The normalized spacial score (nSPS) is 17.2. The van der Waals surface area contributed by atoms with Crippen molar-refractivity contribution in [1.82, 2.24) is 9.80 Å². The predicted molar refractivity (Wildman–Crippen MR) is 114 cm³/mol. The Kier molecular flexibility index (Phi) is 7.01. The molecule has 0 aromatic heterocycles. The lowest BCUT2D eigenvalue weighted by atomic mass is 10.0. The summed E-state index contributed by atoms with van der Waals surface area (Å²) in [4.78, 5) is 29.7. The summed E-state index contributed by atoms with van der Waals surface area (Å²) in [6.07, 6.45) is 2.28. The van der Waals surface area contributed by atoms with Gasteiger partial charge < -0.3 is 16.4 Å².